The highest BCUT2D eigenvalue weighted by Gasteiger charge is 2.33. The van der Waals surface area contributed by atoms with Crippen molar-refractivity contribution >= 4 is 0 Å². The Kier molecular flexibility index (Phi) is 4.95. The van der Waals surface area contributed by atoms with E-state index in [0.717, 1.165) is 0 Å². The second kappa shape index (κ2) is 6.04. The highest BCUT2D eigenvalue weighted by Crippen LogP contribution is 2.33. The van der Waals surface area contributed by atoms with Gasteiger partial charge in [0.25, 0.3) is 0 Å². The lowest BCUT2D eigenvalue weighted by molar-refractivity contribution is -0.140. The van der Waals surface area contributed by atoms with Crippen LogP contribution in [0.4, 0.5) is 17.6 Å². The van der Waals surface area contributed by atoms with Gasteiger partial charge in [0.05, 0.1) is 13.5 Å². The van der Waals surface area contributed by atoms with E-state index in [1.807, 2.05) is 0 Å². The molecule has 0 heterocycles. The fourth-order valence-corrected chi connectivity index (χ4v) is 1.72. The first-order valence-corrected chi connectivity index (χ1v) is 5.51. The number of hydrogen-bond donors (Lipinski definition) is 1. The van der Waals surface area contributed by atoms with Crippen molar-refractivity contribution in [1.82, 2.24) is 5.32 Å². The summed E-state index contributed by atoms with van der Waals surface area (Å²) in [5, 5.41) is 2.63. The lowest BCUT2D eigenvalue weighted by Crippen LogP contribution is -2.27. The second-order valence-corrected chi connectivity index (χ2v) is 3.79. The Labute approximate surface area is 103 Å². The van der Waals surface area contributed by atoms with Crippen molar-refractivity contribution in [3.05, 3.63) is 29.6 Å². The summed E-state index contributed by atoms with van der Waals surface area (Å²) in [5.74, 6) is -0.812. The Balaban J connectivity index is 3.05. The van der Waals surface area contributed by atoms with Crippen LogP contribution in [0.2, 0.25) is 0 Å². The zero-order valence-corrected chi connectivity index (χ0v) is 10.1. The molecule has 0 spiro atoms. The molecular formula is C12H15F4NO. The third-order valence-corrected chi connectivity index (χ3v) is 2.47. The topological polar surface area (TPSA) is 21.3 Å². The SMILES string of the molecule is CCNC(CC(F)(F)F)c1cccc(OC)c1F. The van der Waals surface area contributed by atoms with Gasteiger partial charge in [-0.25, -0.2) is 4.39 Å². The highest BCUT2D eigenvalue weighted by molar-refractivity contribution is 5.33. The standard InChI is InChI=1S/C12H15F4NO/c1-3-17-9(7-12(14,15)16)8-5-4-6-10(18-2)11(8)13/h4-6,9,17H,3,7H2,1-2H3. The van der Waals surface area contributed by atoms with E-state index < -0.39 is 24.5 Å². The minimum absolute atomic E-state index is 0.0338. The van der Waals surface area contributed by atoms with Crippen LogP contribution in [0.1, 0.15) is 24.9 Å². The molecule has 0 bridgehead atoms. The van der Waals surface area contributed by atoms with Crippen molar-refractivity contribution in [3.8, 4) is 5.75 Å². The zero-order chi connectivity index (χ0) is 13.8. The van der Waals surface area contributed by atoms with Gasteiger partial charge in [0.15, 0.2) is 11.6 Å². The van der Waals surface area contributed by atoms with E-state index in [0.29, 0.717) is 6.54 Å². The van der Waals surface area contributed by atoms with Crippen LogP contribution < -0.4 is 10.1 Å². The molecule has 0 saturated heterocycles. The fraction of sp³-hybridized carbons (Fsp3) is 0.500. The molecule has 1 atom stereocenters. The first kappa shape index (κ1) is 14.8. The van der Waals surface area contributed by atoms with Crippen LogP contribution in [-0.2, 0) is 0 Å². The van der Waals surface area contributed by atoms with Crippen molar-refractivity contribution in [2.45, 2.75) is 25.6 Å². The van der Waals surface area contributed by atoms with E-state index in [1.54, 1.807) is 6.92 Å². The molecule has 0 aliphatic rings. The number of hydrogen-bond acceptors (Lipinski definition) is 2. The molecule has 1 unspecified atom stereocenters. The van der Waals surface area contributed by atoms with Crippen LogP contribution >= 0.6 is 0 Å². The zero-order valence-electron chi connectivity index (χ0n) is 10.1. The van der Waals surface area contributed by atoms with Crippen LogP contribution in [-0.4, -0.2) is 19.8 Å². The van der Waals surface area contributed by atoms with Gasteiger partial charge >= 0.3 is 6.18 Å². The highest BCUT2D eigenvalue weighted by atomic mass is 19.4. The molecule has 0 fully saturated rings. The molecular weight excluding hydrogens is 250 g/mol. The molecule has 1 aromatic carbocycles. The maximum atomic E-state index is 13.9. The molecule has 1 aromatic rings. The maximum absolute atomic E-state index is 13.9. The van der Waals surface area contributed by atoms with E-state index >= 15 is 0 Å². The smallest absolute Gasteiger partial charge is 0.390 e. The number of halogens is 4. The molecule has 1 rings (SSSR count). The normalized spacial score (nSPS) is 13.4. The largest absolute Gasteiger partial charge is 0.494 e. The predicted octanol–water partition coefficient (Wildman–Crippen LogP) is 3.44. The minimum atomic E-state index is -4.36. The molecule has 0 amide bonds. The van der Waals surface area contributed by atoms with Crippen LogP contribution in [0.25, 0.3) is 0 Å². The minimum Gasteiger partial charge on any atom is -0.494 e. The van der Waals surface area contributed by atoms with E-state index in [1.165, 1.54) is 25.3 Å². The number of methoxy groups -OCH3 is 1. The number of alkyl halides is 3. The number of rotatable bonds is 5. The Bertz CT molecular complexity index is 392. The Morgan fingerprint density at radius 3 is 2.50 bits per heavy atom. The van der Waals surface area contributed by atoms with Gasteiger partial charge in [-0.3, -0.25) is 0 Å². The number of benzene rings is 1. The second-order valence-electron chi connectivity index (χ2n) is 3.79. The molecule has 18 heavy (non-hydrogen) atoms. The summed E-state index contributed by atoms with van der Waals surface area (Å²) in [6.45, 7) is 1.98. The lowest BCUT2D eigenvalue weighted by atomic mass is 10.0. The summed E-state index contributed by atoms with van der Waals surface area (Å²) in [6.07, 6.45) is -5.48. The molecule has 102 valence electrons. The quantitative estimate of drug-likeness (QED) is 0.823. The average Bonchev–Trinajstić information content (AvgIpc) is 2.27. The summed E-state index contributed by atoms with van der Waals surface area (Å²) in [4.78, 5) is 0. The first-order valence-electron chi connectivity index (χ1n) is 5.51. The van der Waals surface area contributed by atoms with Gasteiger partial charge in [-0.2, -0.15) is 13.2 Å². The van der Waals surface area contributed by atoms with E-state index in [4.69, 9.17) is 4.74 Å². The summed E-state index contributed by atoms with van der Waals surface area (Å²) in [5.41, 5.74) is -0.0338. The predicted molar refractivity (Wildman–Crippen MR) is 60.0 cm³/mol. The van der Waals surface area contributed by atoms with E-state index in [9.17, 15) is 17.6 Å². The molecule has 0 radical (unpaired) electrons. The first-order chi connectivity index (χ1) is 8.39. The van der Waals surface area contributed by atoms with Crippen LogP contribution in [0.3, 0.4) is 0 Å². The Morgan fingerprint density at radius 1 is 1.33 bits per heavy atom. The maximum Gasteiger partial charge on any atom is 0.390 e. The monoisotopic (exact) mass is 265 g/mol. The van der Waals surface area contributed by atoms with Crippen LogP contribution in [0.15, 0.2) is 18.2 Å². The van der Waals surface area contributed by atoms with Gasteiger partial charge in [0, 0.05) is 11.6 Å². The molecule has 0 aliphatic carbocycles. The van der Waals surface area contributed by atoms with Gasteiger partial charge in [-0.05, 0) is 12.6 Å². The van der Waals surface area contributed by atoms with Crippen molar-refractivity contribution in [1.29, 1.82) is 0 Å². The summed E-state index contributed by atoms with van der Waals surface area (Å²) in [6, 6.07) is 3.06. The van der Waals surface area contributed by atoms with Gasteiger partial charge in [-0.1, -0.05) is 19.1 Å². The van der Waals surface area contributed by atoms with E-state index in [-0.39, 0.29) is 11.3 Å². The summed E-state index contributed by atoms with van der Waals surface area (Å²) >= 11 is 0. The fourth-order valence-electron chi connectivity index (χ4n) is 1.72. The summed E-state index contributed by atoms with van der Waals surface area (Å²) < 4.78 is 56.0. The van der Waals surface area contributed by atoms with Crippen LogP contribution in [0.5, 0.6) is 5.75 Å². The molecule has 2 nitrogen and oxygen atoms in total. The van der Waals surface area contributed by atoms with Gasteiger partial charge in [0.1, 0.15) is 0 Å². The van der Waals surface area contributed by atoms with Crippen molar-refractivity contribution < 1.29 is 22.3 Å². The van der Waals surface area contributed by atoms with Gasteiger partial charge in [0.2, 0.25) is 0 Å². The molecule has 0 saturated carbocycles. The molecule has 0 aromatic heterocycles. The third-order valence-electron chi connectivity index (χ3n) is 2.47. The molecule has 0 aliphatic heterocycles. The van der Waals surface area contributed by atoms with Crippen molar-refractivity contribution in [2.24, 2.45) is 0 Å². The van der Waals surface area contributed by atoms with E-state index in [2.05, 4.69) is 5.32 Å². The lowest BCUT2D eigenvalue weighted by Gasteiger charge is -2.21. The number of ether oxygens (including phenoxy) is 1. The number of nitrogens with one attached hydrogen (secondary N) is 1. The molecule has 6 heteroatoms. The van der Waals surface area contributed by atoms with Crippen molar-refractivity contribution in [2.75, 3.05) is 13.7 Å². The summed E-state index contributed by atoms with van der Waals surface area (Å²) in [7, 11) is 1.27. The molecule has 1 N–H and O–H groups in total. The van der Waals surface area contributed by atoms with Gasteiger partial charge < -0.3 is 10.1 Å². The Morgan fingerprint density at radius 2 is 2.00 bits per heavy atom. The van der Waals surface area contributed by atoms with Crippen LogP contribution in [0, 0.1) is 5.82 Å². The third kappa shape index (κ3) is 3.87. The average molecular weight is 265 g/mol. The van der Waals surface area contributed by atoms with Crippen molar-refractivity contribution in [3.63, 3.8) is 0 Å². The Hall–Kier alpha value is -1.30. The van der Waals surface area contributed by atoms with Gasteiger partial charge in [-0.15, -0.1) is 0 Å².